The zero-order valence-electron chi connectivity index (χ0n) is 11.0. The number of nitrogens with zero attached hydrogens (tertiary/aromatic N) is 3. The monoisotopic (exact) mass is 234 g/mol. The Bertz CT molecular complexity index is 389. The maximum atomic E-state index is 5.85. The summed E-state index contributed by atoms with van der Waals surface area (Å²) in [6, 6.07) is 1.89. The van der Waals surface area contributed by atoms with Gasteiger partial charge in [-0.1, -0.05) is 27.2 Å². The number of hydrogen-bond acceptors (Lipinski definition) is 4. The van der Waals surface area contributed by atoms with E-state index in [0.717, 1.165) is 30.6 Å². The second kappa shape index (κ2) is 4.90. The number of rotatable bonds is 3. The van der Waals surface area contributed by atoms with Crippen LogP contribution >= 0.6 is 0 Å². The number of anilines is 2. The van der Waals surface area contributed by atoms with E-state index in [1.165, 1.54) is 12.8 Å². The highest BCUT2D eigenvalue weighted by Crippen LogP contribution is 2.26. The van der Waals surface area contributed by atoms with Crippen LogP contribution in [0.5, 0.6) is 0 Å². The van der Waals surface area contributed by atoms with Crippen molar-refractivity contribution in [3.63, 3.8) is 0 Å². The van der Waals surface area contributed by atoms with Gasteiger partial charge in [0, 0.05) is 25.1 Å². The Morgan fingerprint density at radius 3 is 2.82 bits per heavy atom. The van der Waals surface area contributed by atoms with Crippen molar-refractivity contribution in [2.75, 3.05) is 23.7 Å². The van der Waals surface area contributed by atoms with Gasteiger partial charge in [-0.2, -0.15) is 0 Å². The molecule has 2 rings (SSSR count). The summed E-state index contributed by atoms with van der Waals surface area (Å²) in [5.41, 5.74) is 5.85. The molecule has 17 heavy (non-hydrogen) atoms. The largest absolute Gasteiger partial charge is 0.384 e. The van der Waals surface area contributed by atoms with E-state index < -0.39 is 0 Å². The molecule has 1 aliphatic rings. The number of hydrogen-bond donors (Lipinski definition) is 1. The van der Waals surface area contributed by atoms with Gasteiger partial charge in [0.25, 0.3) is 0 Å². The summed E-state index contributed by atoms with van der Waals surface area (Å²) in [6.07, 6.45) is 2.51. The molecule has 1 unspecified atom stereocenters. The van der Waals surface area contributed by atoms with Crippen molar-refractivity contribution in [3.8, 4) is 0 Å². The molecular formula is C13H22N4. The Morgan fingerprint density at radius 1 is 1.47 bits per heavy atom. The molecule has 1 fully saturated rings. The molecule has 4 nitrogen and oxygen atoms in total. The van der Waals surface area contributed by atoms with Crippen LogP contribution in [0.4, 0.5) is 11.6 Å². The fourth-order valence-electron chi connectivity index (χ4n) is 2.27. The molecule has 2 N–H and O–H groups in total. The standard InChI is InChI=1S/C13H22N4/c1-4-10-5-6-17(8-10)12-7-11(14)15-13(16-12)9(2)3/h7,9-10H,4-6,8H2,1-3H3,(H2,14,15,16). The van der Waals surface area contributed by atoms with Crippen LogP contribution in [0.1, 0.15) is 45.4 Å². The lowest BCUT2D eigenvalue weighted by atomic mass is 10.1. The predicted molar refractivity (Wildman–Crippen MR) is 71.1 cm³/mol. The SMILES string of the molecule is CCC1CCN(c2cc(N)nc(C(C)C)n2)C1. The molecule has 0 spiro atoms. The predicted octanol–water partition coefficient (Wildman–Crippen LogP) is 2.42. The minimum absolute atomic E-state index is 0.321. The zero-order chi connectivity index (χ0) is 12.4. The fraction of sp³-hybridized carbons (Fsp3) is 0.692. The first-order valence-corrected chi connectivity index (χ1v) is 6.49. The van der Waals surface area contributed by atoms with Crippen LogP contribution in [0.2, 0.25) is 0 Å². The minimum atomic E-state index is 0.321. The van der Waals surface area contributed by atoms with E-state index in [1.807, 2.05) is 6.07 Å². The molecule has 0 aromatic carbocycles. The molecule has 4 heteroatoms. The van der Waals surface area contributed by atoms with Gasteiger partial charge in [-0.15, -0.1) is 0 Å². The number of nitrogen functional groups attached to an aromatic ring is 1. The average molecular weight is 234 g/mol. The molecule has 1 aliphatic heterocycles. The van der Waals surface area contributed by atoms with E-state index in [4.69, 9.17) is 5.73 Å². The summed E-state index contributed by atoms with van der Waals surface area (Å²) in [7, 11) is 0. The molecule has 1 atom stereocenters. The van der Waals surface area contributed by atoms with E-state index in [9.17, 15) is 0 Å². The van der Waals surface area contributed by atoms with Gasteiger partial charge in [-0.05, 0) is 12.3 Å². The molecule has 0 aliphatic carbocycles. The summed E-state index contributed by atoms with van der Waals surface area (Å²) >= 11 is 0. The second-order valence-electron chi connectivity index (χ2n) is 5.17. The lowest BCUT2D eigenvalue weighted by Crippen LogP contribution is -2.22. The Balaban J connectivity index is 2.21. The van der Waals surface area contributed by atoms with Gasteiger partial charge in [0.05, 0.1) is 0 Å². The molecule has 2 heterocycles. The fourth-order valence-corrected chi connectivity index (χ4v) is 2.27. The summed E-state index contributed by atoms with van der Waals surface area (Å²) in [5.74, 6) is 3.55. The molecule has 0 radical (unpaired) electrons. The van der Waals surface area contributed by atoms with Crippen LogP contribution in [0.15, 0.2) is 6.07 Å². The lowest BCUT2D eigenvalue weighted by Gasteiger charge is -2.19. The molecule has 0 amide bonds. The molecule has 1 saturated heterocycles. The van der Waals surface area contributed by atoms with E-state index in [2.05, 4.69) is 35.6 Å². The first-order chi connectivity index (χ1) is 8.10. The Hall–Kier alpha value is -1.32. The first kappa shape index (κ1) is 12.1. The second-order valence-corrected chi connectivity index (χ2v) is 5.17. The molecule has 1 aromatic rings. The smallest absolute Gasteiger partial charge is 0.135 e. The molecular weight excluding hydrogens is 212 g/mol. The van der Waals surface area contributed by atoms with E-state index in [-0.39, 0.29) is 0 Å². The molecule has 1 aromatic heterocycles. The van der Waals surface area contributed by atoms with Crippen molar-refractivity contribution in [2.45, 2.75) is 39.5 Å². The highest BCUT2D eigenvalue weighted by molar-refractivity contribution is 5.48. The first-order valence-electron chi connectivity index (χ1n) is 6.49. The van der Waals surface area contributed by atoms with E-state index in [1.54, 1.807) is 0 Å². The maximum Gasteiger partial charge on any atom is 0.135 e. The van der Waals surface area contributed by atoms with Gasteiger partial charge in [0.15, 0.2) is 0 Å². The average Bonchev–Trinajstić information content (AvgIpc) is 2.76. The van der Waals surface area contributed by atoms with Crippen molar-refractivity contribution >= 4 is 11.6 Å². The maximum absolute atomic E-state index is 5.85. The topological polar surface area (TPSA) is 55.0 Å². The van der Waals surface area contributed by atoms with Crippen LogP contribution in [0.25, 0.3) is 0 Å². The lowest BCUT2D eigenvalue weighted by molar-refractivity contribution is 0.568. The van der Waals surface area contributed by atoms with Gasteiger partial charge >= 0.3 is 0 Å². The highest BCUT2D eigenvalue weighted by atomic mass is 15.2. The van der Waals surface area contributed by atoms with Crippen LogP contribution in [-0.4, -0.2) is 23.1 Å². The van der Waals surface area contributed by atoms with E-state index >= 15 is 0 Å². The minimum Gasteiger partial charge on any atom is -0.384 e. The van der Waals surface area contributed by atoms with Gasteiger partial charge in [0.2, 0.25) is 0 Å². The van der Waals surface area contributed by atoms with Gasteiger partial charge in [0.1, 0.15) is 17.5 Å². The third-order valence-electron chi connectivity index (χ3n) is 3.45. The van der Waals surface area contributed by atoms with E-state index in [0.29, 0.717) is 11.7 Å². The Kier molecular flexibility index (Phi) is 3.50. The third-order valence-corrected chi connectivity index (χ3v) is 3.45. The van der Waals surface area contributed by atoms with Crippen molar-refractivity contribution in [1.29, 1.82) is 0 Å². The van der Waals surface area contributed by atoms with Crippen LogP contribution in [-0.2, 0) is 0 Å². The van der Waals surface area contributed by atoms with Crippen LogP contribution in [0, 0.1) is 5.92 Å². The van der Waals surface area contributed by atoms with Crippen molar-refractivity contribution in [1.82, 2.24) is 9.97 Å². The Labute approximate surface area is 103 Å². The highest BCUT2D eigenvalue weighted by Gasteiger charge is 2.22. The third kappa shape index (κ3) is 2.68. The van der Waals surface area contributed by atoms with Crippen molar-refractivity contribution < 1.29 is 0 Å². The summed E-state index contributed by atoms with van der Waals surface area (Å²) in [6.45, 7) is 8.63. The number of aromatic nitrogens is 2. The summed E-state index contributed by atoms with van der Waals surface area (Å²) in [4.78, 5) is 11.2. The van der Waals surface area contributed by atoms with Crippen LogP contribution < -0.4 is 10.6 Å². The quantitative estimate of drug-likeness (QED) is 0.872. The Morgan fingerprint density at radius 2 is 2.24 bits per heavy atom. The van der Waals surface area contributed by atoms with Gasteiger partial charge in [-0.25, -0.2) is 9.97 Å². The summed E-state index contributed by atoms with van der Waals surface area (Å²) < 4.78 is 0. The van der Waals surface area contributed by atoms with Crippen LogP contribution in [0.3, 0.4) is 0 Å². The van der Waals surface area contributed by atoms with Gasteiger partial charge < -0.3 is 10.6 Å². The van der Waals surface area contributed by atoms with Crippen molar-refractivity contribution in [3.05, 3.63) is 11.9 Å². The summed E-state index contributed by atoms with van der Waals surface area (Å²) in [5, 5.41) is 0. The molecule has 0 bridgehead atoms. The number of nitrogens with two attached hydrogens (primary N) is 1. The normalized spacial score (nSPS) is 20.2. The molecule has 94 valence electrons. The molecule has 0 saturated carbocycles. The van der Waals surface area contributed by atoms with Crippen molar-refractivity contribution in [2.24, 2.45) is 5.92 Å². The zero-order valence-corrected chi connectivity index (χ0v) is 11.0. The van der Waals surface area contributed by atoms with Gasteiger partial charge in [-0.3, -0.25) is 0 Å².